The Bertz CT molecular complexity index is 301. The molecule has 0 unspecified atom stereocenters. The lowest BCUT2D eigenvalue weighted by Gasteiger charge is -1.94. The van der Waals surface area contributed by atoms with Gasteiger partial charge in [-0.15, -0.1) is 0 Å². The van der Waals surface area contributed by atoms with Crippen molar-refractivity contribution in [3.8, 4) is 0 Å². The molecule has 1 aromatic rings. The van der Waals surface area contributed by atoms with Crippen molar-refractivity contribution in [2.75, 3.05) is 0 Å². The molecule has 2 nitrogen and oxygen atoms in total. The fourth-order valence-corrected chi connectivity index (χ4v) is 1.22. The highest BCUT2D eigenvalue weighted by Gasteiger charge is 1.99. The first-order valence-electron chi connectivity index (χ1n) is 3.34. The first-order chi connectivity index (χ1) is 5.74. The molecule has 1 rings (SSSR count). The van der Waals surface area contributed by atoms with Gasteiger partial charge in [0.2, 0.25) is 0 Å². The molecule has 0 aromatic heterocycles. The first-order valence-corrected chi connectivity index (χ1v) is 4.58. The van der Waals surface area contributed by atoms with Gasteiger partial charge < -0.3 is 5.11 Å². The van der Waals surface area contributed by atoms with Crippen LogP contribution >= 0.6 is 22.6 Å². The lowest BCUT2D eigenvalue weighted by Crippen LogP contribution is -1.94. The SMILES string of the molecule is O=C(O)c1ccc(C=CI)cc1. The Morgan fingerprint density at radius 3 is 2.33 bits per heavy atom. The second-order valence-corrected chi connectivity index (χ2v) is 2.94. The van der Waals surface area contributed by atoms with Crippen LogP contribution in [-0.4, -0.2) is 11.1 Å². The summed E-state index contributed by atoms with van der Waals surface area (Å²) in [7, 11) is 0. The molecule has 0 amide bonds. The third kappa shape index (κ3) is 2.34. The molecule has 0 saturated carbocycles. The van der Waals surface area contributed by atoms with Crippen molar-refractivity contribution in [3.63, 3.8) is 0 Å². The summed E-state index contributed by atoms with van der Waals surface area (Å²) in [5.41, 5.74) is 1.33. The average Bonchev–Trinajstić information content (AvgIpc) is 2.06. The van der Waals surface area contributed by atoms with Crippen molar-refractivity contribution in [1.82, 2.24) is 0 Å². The summed E-state index contributed by atoms with van der Waals surface area (Å²) < 4.78 is 1.88. The van der Waals surface area contributed by atoms with Crippen molar-refractivity contribution in [3.05, 3.63) is 39.5 Å². The summed E-state index contributed by atoms with van der Waals surface area (Å²) in [6, 6.07) is 6.74. The highest BCUT2D eigenvalue weighted by Crippen LogP contribution is 2.06. The monoisotopic (exact) mass is 274 g/mol. The largest absolute Gasteiger partial charge is 0.478 e. The molecule has 1 N–H and O–H groups in total. The molecule has 0 radical (unpaired) electrons. The van der Waals surface area contributed by atoms with Crippen LogP contribution in [0.1, 0.15) is 15.9 Å². The predicted octanol–water partition coefficient (Wildman–Crippen LogP) is 2.79. The van der Waals surface area contributed by atoms with Crippen molar-refractivity contribution in [2.24, 2.45) is 0 Å². The third-order valence-electron chi connectivity index (χ3n) is 1.41. The Hall–Kier alpha value is -0.840. The highest BCUT2D eigenvalue weighted by molar-refractivity contribution is 14.1. The zero-order valence-electron chi connectivity index (χ0n) is 6.20. The minimum atomic E-state index is -0.889. The number of benzene rings is 1. The molecular formula is C9H7IO2. The standard InChI is InChI=1S/C9H7IO2/c10-6-5-7-1-3-8(4-2-7)9(11)12/h1-6H,(H,11,12). The van der Waals surface area contributed by atoms with E-state index in [0.29, 0.717) is 5.56 Å². The smallest absolute Gasteiger partial charge is 0.335 e. The predicted molar refractivity (Wildman–Crippen MR) is 56.5 cm³/mol. The maximum absolute atomic E-state index is 10.5. The fourth-order valence-electron chi connectivity index (χ4n) is 0.810. The molecule has 0 aliphatic carbocycles. The number of aromatic carboxylic acids is 1. The maximum Gasteiger partial charge on any atom is 0.335 e. The number of carboxylic acid groups (broad SMARTS) is 1. The molecule has 0 spiro atoms. The van der Waals surface area contributed by atoms with E-state index in [1.807, 2.05) is 10.2 Å². The van der Waals surface area contributed by atoms with Crippen LogP contribution in [0.15, 0.2) is 28.3 Å². The van der Waals surface area contributed by atoms with E-state index in [2.05, 4.69) is 22.6 Å². The van der Waals surface area contributed by atoms with E-state index in [1.54, 1.807) is 24.3 Å². The number of carbonyl (C=O) groups is 1. The van der Waals surface area contributed by atoms with Crippen molar-refractivity contribution in [1.29, 1.82) is 0 Å². The van der Waals surface area contributed by atoms with E-state index in [4.69, 9.17) is 5.11 Å². The summed E-state index contributed by atoms with van der Waals surface area (Å²) >= 11 is 2.12. The van der Waals surface area contributed by atoms with E-state index < -0.39 is 5.97 Å². The van der Waals surface area contributed by atoms with Gasteiger partial charge in [0.1, 0.15) is 0 Å². The van der Waals surface area contributed by atoms with Gasteiger partial charge in [-0.2, -0.15) is 0 Å². The van der Waals surface area contributed by atoms with E-state index >= 15 is 0 Å². The zero-order valence-corrected chi connectivity index (χ0v) is 8.36. The van der Waals surface area contributed by atoms with E-state index in [9.17, 15) is 4.79 Å². The van der Waals surface area contributed by atoms with Crippen LogP contribution in [0.3, 0.4) is 0 Å². The molecule has 0 bridgehead atoms. The summed E-state index contributed by atoms with van der Waals surface area (Å²) in [6.45, 7) is 0. The van der Waals surface area contributed by atoms with Crippen LogP contribution in [0.5, 0.6) is 0 Å². The second-order valence-electron chi connectivity index (χ2n) is 2.22. The van der Waals surface area contributed by atoms with Gasteiger partial charge in [0.15, 0.2) is 0 Å². The second kappa shape index (κ2) is 4.25. The Labute approximate surface area is 84.1 Å². The van der Waals surface area contributed by atoms with Crippen molar-refractivity contribution < 1.29 is 9.90 Å². The van der Waals surface area contributed by atoms with Crippen LogP contribution in [-0.2, 0) is 0 Å². The minimum absolute atomic E-state index is 0.320. The number of hydrogen-bond acceptors (Lipinski definition) is 1. The Balaban J connectivity index is 2.93. The minimum Gasteiger partial charge on any atom is -0.478 e. The highest BCUT2D eigenvalue weighted by atomic mass is 127. The van der Waals surface area contributed by atoms with Crippen LogP contribution in [0.2, 0.25) is 0 Å². The van der Waals surface area contributed by atoms with Crippen LogP contribution < -0.4 is 0 Å². The Morgan fingerprint density at radius 2 is 1.92 bits per heavy atom. The molecule has 0 aliphatic heterocycles. The molecule has 0 atom stereocenters. The van der Waals surface area contributed by atoms with Gasteiger partial charge in [0, 0.05) is 0 Å². The van der Waals surface area contributed by atoms with Gasteiger partial charge in [-0.3, -0.25) is 0 Å². The van der Waals surface area contributed by atoms with Crippen molar-refractivity contribution in [2.45, 2.75) is 0 Å². The Kier molecular flexibility index (Phi) is 3.28. The number of halogens is 1. The zero-order chi connectivity index (χ0) is 8.97. The quantitative estimate of drug-likeness (QED) is 0.842. The van der Waals surface area contributed by atoms with Gasteiger partial charge >= 0.3 is 5.97 Å². The lowest BCUT2D eigenvalue weighted by molar-refractivity contribution is 0.0697. The van der Waals surface area contributed by atoms with Gasteiger partial charge in [0.25, 0.3) is 0 Å². The molecule has 1 aromatic carbocycles. The van der Waals surface area contributed by atoms with Crippen LogP contribution in [0.25, 0.3) is 6.08 Å². The van der Waals surface area contributed by atoms with Crippen molar-refractivity contribution >= 4 is 34.6 Å². The maximum atomic E-state index is 10.5. The molecule has 12 heavy (non-hydrogen) atoms. The van der Waals surface area contributed by atoms with Gasteiger partial charge in [-0.05, 0) is 27.9 Å². The molecule has 0 saturated heterocycles. The van der Waals surface area contributed by atoms with E-state index in [0.717, 1.165) is 5.56 Å². The molecule has 0 fully saturated rings. The van der Waals surface area contributed by atoms with Gasteiger partial charge in [-0.25, -0.2) is 4.79 Å². The summed E-state index contributed by atoms with van der Waals surface area (Å²) in [6.07, 6.45) is 1.91. The summed E-state index contributed by atoms with van der Waals surface area (Å²) in [5, 5.41) is 8.59. The first kappa shape index (κ1) is 9.25. The van der Waals surface area contributed by atoms with Crippen LogP contribution in [0.4, 0.5) is 0 Å². The molecule has 0 aliphatic rings. The number of rotatable bonds is 2. The molecule has 3 heteroatoms. The molecule has 62 valence electrons. The summed E-state index contributed by atoms with van der Waals surface area (Å²) in [4.78, 5) is 10.5. The van der Waals surface area contributed by atoms with Gasteiger partial charge in [0.05, 0.1) is 5.56 Å². The third-order valence-corrected chi connectivity index (χ3v) is 1.77. The van der Waals surface area contributed by atoms with E-state index in [1.165, 1.54) is 0 Å². The Morgan fingerprint density at radius 1 is 1.33 bits per heavy atom. The fraction of sp³-hybridized carbons (Fsp3) is 0. The number of hydrogen-bond donors (Lipinski definition) is 1. The average molecular weight is 274 g/mol. The summed E-state index contributed by atoms with van der Waals surface area (Å²) in [5.74, 6) is -0.889. The lowest BCUT2D eigenvalue weighted by atomic mass is 10.1. The normalized spacial score (nSPS) is 10.4. The topological polar surface area (TPSA) is 37.3 Å². The molecular weight excluding hydrogens is 267 g/mol. The van der Waals surface area contributed by atoms with Crippen LogP contribution in [0, 0.1) is 0 Å². The van der Waals surface area contributed by atoms with Gasteiger partial charge in [-0.1, -0.05) is 34.7 Å². The number of carboxylic acids is 1. The van der Waals surface area contributed by atoms with E-state index in [-0.39, 0.29) is 0 Å². The molecule has 0 heterocycles.